The predicted molar refractivity (Wildman–Crippen MR) is 92.6 cm³/mol. The number of rotatable bonds is 10. The first-order valence-corrected chi connectivity index (χ1v) is 8.24. The van der Waals surface area contributed by atoms with E-state index in [4.69, 9.17) is 14.6 Å². The van der Waals surface area contributed by atoms with Crippen LogP contribution in [-0.2, 0) is 9.59 Å². The summed E-state index contributed by atoms with van der Waals surface area (Å²) in [6.45, 7) is 0.0256. The number of carbonyl (C=O) groups excluding carboxylic acids is 1. The van der Waals surface area contributed by atoms with Crippen LogP contribution in [-0.4, -0.2) is 36.2 Å². The van der Waals surface area contributed by atoms with Gasteiger partial charge in [-0.15, -0.1) is 0 Å². The number of nitrogens with one attached hydrogen (secondary N) is 1. The van der Waals surface area contributed by atoms with E-state index in [1.165, 1.54) is 36.4 Å². The van der Waals surface area contributed by atoms with Crippen molar-refractivity contribution in [1.29, 1.82) is 0 Å². The number of ether oxygens (including phenoxy) is 2. The summed E-state index contributed by atoms with van der Waals surface area (Å²) < 4.78 is 36.2. The third-order valence-electron chi connectivity index (χ3n) is 3.48. The minimum absolute atomic E-state index is 0.129. The smallest absolute Gasteiger partial charge is 0.346 e. The molecule has 2 aromatic rings. The maximum atomic E-state index is 12.9. The van der Waals surface area contributed by atoms with Gasteiger partial charge in [-0.3, -0.25) is 4.79 Å². The molecular weight excluding hydrogens is 360 g/mol. The van der Waals surface area contributed by atoms with Crippen molar-refractivity contribution < 1.29 is 33.0 Å². The van der Waals surface area contributed by atoms with Crippen LogP contribution in [0.1, 0.15) is 12.8 Å². The van der Waals surface area contributed by atoms with Crippen molar-refractivity contribution in [3.63, 3.8) is 0 Å². The number of carbonyl (C=O) groups is 2. The van der Waals surface area contributed by atoms with Gasteiger partial charge < -0.3 is 19.9 Å². The highest BCUT2D eigenvalue weighted by Crippen LogP contribution is 2.13. The molecule has 0 aliphatic carbocycles. The molecular formula is C19H19F2NO5. The first-order valence-electron chi connectivity index (χ1n) is 8.24. The topological polar surface area (TPSA) is 84.9 Å². The summed E-state index contributed by atoms with van der Waals surface area (Å²) in [5, 5.41) is 11.6. The van der Waals surface area contributed by atoms with Crippen LogP contribution < -0.4 is 14.8 Å². The second kappa shape index (κ2) is 10.1. The number of carboxylic acid groups (broad SMARTS) is 1. The molecule has 2 N–H and O–H groups in total. The SMILES string of the molecule is O=C(CCCOc1ccc(F)cc1)NCC(Oc1ccc(F)cc1)C(=O)O. The zero-order chi connectivity index (χ0) is 19.6. The molecule has 1 atom stereocenters. The van der Waals surface area contributed by atoms with E-state index in [1.54, 1.807) is 0 Å². The van der Waals surface area contributed by atoms with Gasteiger partial charge in [0.1, 0.15) is 23.1 Å². The molecule has 0 aliphatic heterocycles. The van der Waals surface area contributed by atoms with Crippen molar-refractivity contribution in [2.24, 2.45) is 0 Å². The van der Waals surface area contributed by atoms with Gasteiger partial charge in [0.15, 0.2) is 0 Å². The number of carboxylic acids is 1. The molecule has 0 saturated heterocycles. The molecule has 0 saturated carbocycles. The summed E-state index contributed by atoms with van der Waals surface area (Å²) in [5.41, 5.74) is 0. The Morgan fingerprint density at radius 3 is 2.07 bits per heavy atom. The van der Waals surface area contributed by atoms with Crippen LogP contribution in [0.15, 0.2) is 48.5 Å². The summed E-state index contributed by atoms with van der Waals surface area (Å²) >= 11 is 0. The molecule has 2 aromatic carbocycles. The molecule has 0 aromatic heterocycles. The van der Waals surface area contributed by atoms with E-state index >= 15 is 0 Å². The number of hydrogen-bond acceptors (Lipinski definition) is 4. The van der Waals surface area contributed by atoms with Gasteiger partial charge in [-0.1, -0.05) is 0 Å². The fourth-order valence-electron chi connectivity index (χ4n) is 2.11. The zero-order valence-electron chi connectivity index (χ0n) is 14.4. The van der Waals surface area contributed by atoms with Crippen LogP contribution in [0.25, 0.3) is 0 Å². The van der Waals surface area contributed by atoms with E-state index in [0.29, 0.717) is 12.2 Å². The van der Waals surface area contributed by atoms with E-state index in [0.717, 1.165) is 12.1 Å². The third-order valence-corrected chi connectivity index (χ3v) is 3.48. The quantitative estimate of drug-likeness (QED) is 0.620. The van der Waals surface area contributed by atoms with E-state index in [1.807, 2.05) is 0 Å². The van der Waals surface area contributed by atoms with Crippen LogP contribution in [0.3, 0.4) is 0 Å². The average molecular weight is 379 g/mol. The van der Waals surface area contributed by atoms with Gasteiger partial charge in [-0.2, -0.15) is 0 Å². The molecule has 0 radical (unpaired) electrons. The number of amides is 1. The normalized spacial score (nSPS) is 11.5. The minimum Gasteiger partial charge on any atom is -0.494 e. The Kier molecular flexibility index (Phi) is 7.54. The molecule has 0 bridgehead atoms. The van der Waals surface area contributed by atoms with E-state index in [9.17, 15) is 18.4 Å². The highest BCUT2D eigenvalue weighted by molar-refractivity contribution is 5.78. The lowest BCUT2D eigenvalue weighted by molar-refractivity contribution is -0.145. The van der Waals surface area contributed by atoms with Crippen molar-refractivity contribution >= 4 is 11.9 Å². The van der Waals surface area contributed by atoms with E-state index < -0.39 is 17.9 Å². The van der Waals surface area contributed by atoms with Crippen molar-refractivity contribution in [2.75, 3.05) is 13.2 Å². The van der Waals surface area contributed by atoms with E-state index in [2.05, 4.69) is 5.32 Å². The lowest BCUT2D eigenvalue weighted by Gasteiger charge is -2.16. The second-order valence-electron chi connectivity index (χ2n) is 5.61. The molecule has 2 rings (SSSR count). The largest absolute Gasteiger partial charge is 0.494 e. The van der Waals surface area contributed by atoms with Crippen LogP contribution in [0.5, 0.6) is 11.5 Å². The lowest BCUT2D eigenvalue weighted by atomic mass is 10.2. The van der Waals surface area contributed by atoms with Crippen LogP contribution >= 0.6 is 0 Å². The van der Waals surface area contributed by atoms with Crippen molar-refractivity contribution in [3.8, 4) is 11.5 Å². The standard InChI is InChI=1S/C19H19F2NO5/c20-13-3-7-15(8-4-13)26-11-1-2-18(23)22-12-17(19(24)25)27-16-9-5-14(21)6-10-16/h3-10,17H,1-2,11-12H2,(H,22,23)(H,24,25). The maximum Gasteiger partial charge on any atom is 0.346 e. The maximum absolute atomic E-state index is 12.9. The Hall–Kier alpha value is -3.16. The van der Waals surface area contributed by atoms with Crippen LogP contribution in [0.4, 0.5) is 8.78 Å². The van der Waals surface area contributed by atoms with Gasteiger partial charge in [0.2, 0.25) is 12.0 Å². The molecule has 0 heterocycles. The Morgan fingerprint density at radius 2 is 1.52 bits per heavy atom. The first kappa shape index (κ1) is 20.2. The van der Waals surface area contributed by atoms with E-state index in [-0.39, 0.29) is 37.0 Å². The number of halogens is 2. The molecule has 8 heteroatoms. The molecule has 144 valence electrons. The van der Waals surface area contributed by atoms with Gasteiger partial charge in [0, 0.05) is 6.42 Å². The van der Waals surface area contributed by atoms with Crippen molar-refractivity contribution in [2.45, 2.75) is 18.9 Å². The molecule has 0 spiro atoms. The van der Waals surface area contributed by atoms with Gasteiger partial charge in [0.25, 0.3) is 0 Å². The Balaban J connectivity index is 1.69. The number of benzene rings is 2. The fraction of sp³-hybridized carbons (Fsp3) is 0.263. The molecule has 6 nitrogen and oxygen atoms in total. The Labute approximate surface area is 154 Å². The van der Waals surface area contributed by atoms with Crippen LogP contribution in [0, 0.1) is 11.6 Å². The number of aliphatic carboxylic acids is 1. The molecule has 1 amide bonds. The fourth-order valence-corrected chi connectivity index (χ4v) is 2.11. The van der Waals surface area contributed by atoms with Crippen molar-refractivity contribution in [1.82, 2.24) is 5.32 Å². The highest BCUT2D eigenvalue weighted by Gasteiger charge is 2.20. The summed E-state index contributed by atoms with van der Waals surface area (Å²) in [6, 6.07) is 10.4. The van der Waals surface area contributed by atoms with Gasteiger partial charge in [-0.05, 0) is 55.0 Å². The molecule has 1 unspecified atom stereocenters. The summed E-state index contributed by atoms with van der Waals surface area (Å²) in [5.74, 6) is -1.75. The molecule has 27 heavy (non-hydrogen) atoms. The first-order chi connectivity index (χ1) is 12.9. The lowest BCUT2D eigenvalue weighted by Crippen LogP contribution is -2.40. The van der Waals surface area contributed by atoms with Gasteiger partial charge >= 0.3 is 5.97 Å². The second-order valence-corrected chi connectivity index (χ2v) is 5.61. The van der Waals surface area contributed by atoms with Gasteiger partial charge in [-0.25, -0.2) is 13.6 Å². The third kappa shape index (κ3) is 7.31. The Morgan fingerprint density at radius 1 is 0.963 bits per heavy atom. The zero-order valence-corrected chi connectivity index (χ0v) is 14.4. The Bertz CT molecular complexity index is 750. The average Bonchev–Trinajstić information content (AvgIpc) is 2.65. The molecule has 0 fully saturated rings. The molecule has 0 aliphatic rings. The minimum atomic E-state index is -1.30. The van der Waals surface area contributed by atoms with Crippen LogP contribution in [0.2, 0.25) is 0 Å². The van der Waals surface area contributed by atoms with Crippen molar-refractivity contribution in [3.05, 3.63) is 60.2 Å². The summed E-state index contributed by atoms with van der Waals surface area (Å²) in [4.78, 5) is 23.0. The predicted octanol–water partition coefficient (Wildman–Crippen LogP) is 2.77. The highest BCUT2D eigenvalue weighted by atomic mass is 19.1. The monoisotopic (exact) mass is 379 g/mol. The number of hydrogen-bond donors (Lipinski definition) is 2. The van der Waals surface area contributed by atoms with Gasteiger partial charge in [0.05, 0.1) is 13.2 Å². The summed E-state index contributed by atoms with van der Waals surface area (Å²) in [7, 11) is 0. The summed E-state index contributed by atoms with van der Waals surface area (Å²) in [6.07, 6.45) is -0.765.